The summed E-state index contributed by atoms with van der Waals surface area (Å²) in [5.41, 5.74) is 7.60. The second-order valence-corrected chi connectivity index (χ2v) is 13.6. The van der Waals surface area contributed by atoms with Crippen molar-refractivity contribution in [1.29, 1.82) is 10.5 Å². The van der Waals surface area contributed by atoms with Crippen molar-refractivity contribution in [2.45, 2.75) is 44.4 Å². The maximum absolute atomic E-state index is 9.49. The minimum atomic E-state index is 0.300. The molecule has 1 heterocycles. The molecule has 1 unspecified atom stereocenters. The zero-order valence-electron chi connectivity index (χ0n) is 26.3. The fourth-order valence-corrected chi connectivity index (χ4v) is 7.99. The lowest BCUT2D eigenvalue weighted by molar-refractivity contribution is 0.232. The van der Waals surface area contributed by atoms with Crippen molar-refractivity contribution < 1.29 is 0 Å². The zero-order chi connectivity index (χ0) is 32.0. The van der Waals surface area contributed by atoms with Crippen molar-refractivity contribution in [3.05, 3.63) is 126 Å². The normalized spacial score (nSPS) is 20.1. The van der Waals surface area contributed by atoms with Crippen molar-refractivity contribution >= 4 is 10.8 Å². The van der Waals surface area contributed by atoms with Gasteiger partial charge in [0.2, 0.25) is 0 Å². The number of nitrogens with zero attached hydrogens (tertiary/aromatic N) is 5. The Bertz CT molecular complexity index is 2150. The average Bonchev–Trinajstić information content (AvgIpc) is 3.48. The van der Waals surface area contributed by atoms with Gasteiger partial charge in [-0.25, -0.2) is 15.0 Å². The van der Waals surface area contributed by atoms with E-state index in [0.29, 0.717) is 34.0 Å². The number of hydrogen-bond acceptors (Lipinski definition) is 5. The van der Waals surface area contributed by atoms with E-state index in [9.17, 15) is 10.5 Å². The van der Waals surface area contributed by atoms with E-state index in [1.165, 1.54) is 48.8 Å². The summed E-state index contributed by atoms with van der Waals surface area (Å²) in [7, 11) is 0. The van der Waals surface area contributed by atoms with E-state index in [1.54, 1.807) is 24.3 Å². The van der Waals surface area contributed by atoms with Crippen LogP contribution in [0, 0.1) is 34.5 Å². The van der Waals surface area contributed by atoms with E-state index >= 15 is 0 Å². The molecule has 0 saturated heterocycles. The summed E-state index contributed by atoms with van der Waals surface area (Å²) in [6, 6.07) is 41.1. The van der Waals surface area contributed by atoms with Gasteiger partial charge in [0.05, 0.1) is 23.3 Å². The lowest BCUT2D eigenvalue weighted by Crippen LogP contribution is -2.30. The Morgan fingerprint density at radius 2 is 1.02 bits per heavy atom. The Labute approximate surface area is 275 Å². The highest BCUT2D eigenvalue weighted by molar-refractivity contribution is 5.90. The van der Waals surface area contributed by atoms with Gasteiger partial charge in [-0.2, -0.15) is 10.5 Å². The lowest BCUT2D eigenvalue weighted by atomic mass is 9.66. The highest BCUT2D eigenvalue weighted by atomic mass is 15.0. The van der Waals surface area contributed by atoms with Gasteiger partial charge >= 0.3 is 0 Å². The predicted octanol–water partition coefficient (Wildman–Crippen LogP) is 9.90. The third-order valence-electron chi connectivity index (χ3n) is 10.3. The van der Waals surface area contributed by atoms with Crippen LogP contribution in [0.1, 0.15) is 55.7 Å². The monoisotopic (exact) mass is 607 g/mol. The van der Waals surface area contributed by atoms with E-state index in [2.05, 4.69) is 73.7 Å². The second kappa shape index (κ2) is 11.6. The lowest BCUT2D eigenvalue weighted by Gasteiger charge is -2.38. The number of hydrogen-bond donors (Lipinski definition) is 0. The van der Waals surface area contributed by atoms with Gasteiger partial charge in [-0.15, -0.1) is 0 Å². The third-order valence-corrected chi connectivity index (χ3v) is 10.3. The molecule has 2 aliphatic carbocycles. The molecule has 5 nitrogen and oxygen atoms in total. The Hall–Kier alpha value is -5.65. The molecule has 0 radical (unpaired) electrons. The SMILES string of the molecule is CC1(c2ccc(-c3ccc4cc(-c5nc(-c6cccc(C#N)c6)nc(-c6cccc(C#N)c6)n5)ccc4c3)cc2)C[C@@H]2CC[C@@H](C2)C1. The van der Waals surface area contributed by atoms with Crippen LogP contribution in [0.4, 0.5) is 0 Å². The topological polar surface area (TPSA) is 86.2 Å². The maximum atomic E-state index is 9.49. The van der Waals surface area contributed by atoms with Crippen LogP contribution in [0.2, 0.25) is 0 Å². The second-order valence-electron chi connectivity index (χ2n) is 13.6. The van der Waals surface area contributed by atoms with E-state index in [-0.39, 0.29) is 0 Å². The summed E-state index contributed by atoms with van der Waals surface area (Å²) in [5, 5.41) is 21.2. The van der Waals surface area contributed by atoms with Crippen LogP contribution in [0.25, 0.3) is 56.1 Å². The van der Waals surface area contributed by atoms with Crippen molar-refractivity contribution in [1.82, 2.24) is 15.0 Å². The average molecular weight is 608 g/mol. The van der Waals surface area contributed by atoms with Gasteiger partial charge in [0.1, 0.15) is 0 Å². The first kappa shape index (κ1) is 28.8. The Kier molecular flexibility index (Phi) is 7.12. The van der Waals surface area contributed by atoms with Crippen LogP contribution >= 0.6 is 0 Å². The molecule has 2 bridgehead atoms. The molecule has 5 aromatic carbocycles. The first-order valence-corrected chi connectivity index (χ1v) is 16.4. The summed E-state index contributed by atoms with van der Waals surface area (Å²) in [6.45, 7) is 2.48. The summed E-state index contributed by atoms with van der Waals surface area (Å²) < 4.78 is 0. The van der Waals surface area contributed by atoms with Crippen molar-refractivity contribution in [3.8, 4) is 57.4 Å². The molecule has 2 aliphatic rings. The highest BCUT2D eigenvalue weighted by Gasteiger charge is 2.41. The molecule has 0 spiro atoms. The Morgan fingerprint density at radius 1 is 0.553 bits per heavy atom. The largest absolute Gasteiger partial charge is 0.208 e. The molecule has 0 amide bonds. The van der Waals surface area contributed by atoms with Gasteiger partial charge in [0, 0.05) is 16.7 Å². The number of rotatable bonds is 5. The van der Waals surface area contributed by atoms with Crippen LogP contribution in [0.15, 0.2) is 109 Å². The van der Waals surface area contributed by atoms with Crippen LogP contribution in [-0.4, -0.2) is 15.0 Å². The molecular weight excluding hydrogens is 574 g/mol. The number of nitriles is 2. The van der Waals surface area contributed by atoms with Gasteiger partial charge in [-0.3, -0.25) is 0 Å². The van der Waals surface area contributed by atoms with Crippen LogP contribution in [-0.2, 0) is 5.41 Å². The van der Waals surface area contributed by atoms with Gasteiger partial charge in [0.15, 0.2) is 17.5 Å². The summed E-state index contributed by atoms with van der Waals surface area (Å²) in [5.74, 6) is 3.28. The summed E-state index contributed by atoms with van der Waals surface area (Å²) in [6.07, 6.45) is 6.92. The molecule has 226 valence electrons. The molecule has 2 fully saturated rings. The molecular formula is C42H33N5. The fraction of sp³-hybridized carbons (Fsp3) is 0.214. The molecule has 0 aliphatic heterocycles. The Morgan fingerprint density at radius 3 is 1.55 bits per heavy atom. The van der Waals surface area contributed by atoms with Crippen molar-refractivity contribution in [2.24, 2.45) is 11.8 Å². The van der Waals surface area contributed by atoms with E-state index in [1.807, 2.05) is 30.3 Å². The third kappa shape index (κ3) is 5.56. The van der Waals surface area contributed by atoms with Crippen LogP contribution in [0.3, 0.4) is 0 Å². The minimum absolute atomic E-state index is 0.300. The molecule has 3 atom stereocenters. The molecule has 0 N–H and O–H groups in total. The van der Waals surface area contributed by atoms with Gasteiger partial charge < -0.3 is 0 Å². The van der Waals surface area contributed by atoms with E-state index in [4.69, 9.17) is 15.0 Å². The first-order valence-electron chi connectivity index (χ1n) is 16.4. The molecule has 6 aromatic rings. The Balaban J connectivity index is 1.13. The van der Waals surface area contributed by atoms with E-state index in [0.717, 1.165) is 39.3 Å². The summed E-state index contributed by atoms with van der Waals surface area (Å²) in [4.78, 5) is 14.5. The van der Waals surface area contributed by atoms with Gasteiger partial charge in [0.25, 0.3) is 0 Å². The van der Waals surface area contributed by atoms with Crippen molar-refractivity contribution in [3.63, 3.8) is 0 Å². The van der Waals surface area contributed by atoms with Gasteiger partial charge in [-0.1, -0.05) is 92.6 Å². The first-order chi connectivity index (χ1) is 23.0. The van der Waals surface area contributed by atoms with Gasteiger partial charge in [-0.05, 0) is 100 Å². The molecule has 8 rings (SSSR count). The minimum Gasteiger partial charge on any atom is -0.208 e. The molecule has 47 heavy (non-hydrogen) atoms. The zero-order valence-corrected chi connectivity index (χ0v) is 26.3. The number of aromatic nitrogens is 3. The fourth-order valence-electron chi connectivity index (χ4n) is 7.99. The standard InChI is InChI=1S/C42H33N5/c1-42(23-27-8-9-28(18-27)24-42)38-16-14-31(15-17-38)32-10-11-34-22-37(13-12-33(34)21-32)41-46-39(35-6-2-4-29(19-35)25-43)45-40(47-41)36-7-3-5-30(20-36)26-44/h2-7,10-17,19-22,27-28H,8-9,18,23-24H2,1H3/t27-,28+,42?. The quantitative estimate of drug-likeness (QED) is 0.195. The molecule has 5 heteroatoms. The highest BCUT2D eigenvalue weighted by Crippen LogP contribution is 2.51. The van der Waals surface area contributed by atoms with Crippen LogP contribution < -0.4 is 0 Å². The maximum Gasteiger partial charge on any atom is 0.164 e. The van der Waals surface area contributed by atoms with Crippen LogP contribution in [0.5, 0.6) is 0 Å². The number of fused-ring (bicyclic) bond motifs is 3. The molecule has 1 aromatic heterocycles. The predicted molar refractivity (Wildman–Crippen MR) is 186 cm³/mol. The van der Waals surface area contributed by atoms with Crippen molar-refractivity contribution in [2.75, 3.05) is 0 Å². The van der Waals surface area contributed by atoms with E-state index < -0.39 is 0 Å². The smallest absolute Gasteiger partial charge is 0.164 e. The number of benzene rings is 5. The molecule has 2 saturated carbocycles. The summed E-state index contributed by atoms with van der Waals surface area (Å²) >= 11 is 0.